The van der Waals surface area contributed by atoms with Crippen molar-refractivity contribution in [2.24, 2.45) is 0 Å². The Kier molecular flexibility index (Phi) is 62.3. The zero-order valence-electron chi connectivity index (χ0n) is 51.2. The minimum atomic E-state index is -0.797. The highest BCUT2D eigenvalue weighted by Crippen LogP contribution is 2.16. The van der Waals surface area contributed by atoms with E-state index in [1.165, 1.54) is 141 Å². The van der Waals surface area contributed by atoms with Gasteiger partial charge in [0, 0.05) is 19.3 Å². The fraction of sp³-hybridized carbons (Fsp3) is 0.708. The van der Waals surface area contributed by atoms with E-state index in [-0.39, 0.29) is 31.1 Å². The largest absolute Gasteiger partial charge is 0.462 e. The second-order valence-electron chi connectivity index (χ2n) is 21.6. The van der Waals surface area contributed by atoms with Crippen LogP contribution in [-0.2, 0) is 28.6 Å². The SMILES string of the molecule is CC/C=C\C/C=C\C/C=C\C/C=C\C/C=C\C/C=C\C/C=C\CCCCCC(=O)OCC(COC(=O)CCCCCCC/C=C\CCC)OC(=O)CCCCCCCCCCCCCCC/C=C\CCCCCCCCCC. The van der Waals surface area contributed by atoms with Crippen LogP contribution in [0, 0.1) is 0 Å². The summed E-state index contributed by atoms with van der Waals surface area (Å²) in [6.07, 6.45) is 89.7. The molecule has 0 aliphatic heterocycles. The lowest BCUT2D eigenvalue weighted by molar-refractivity contribution is -0.167. The number of carbonyl (C=O) groups is 3. The molecule has 0 bridgehead atoms. The minimum absolute atomic E-state index is 0.0933. The van der Waals surface area contributed by atoms with Gasteiger partial charge in [-0.05, 0) is 122 Å². The van der Waals surface area contributed by atoms with Gasteiger partial charge in [-0.1, -0.05) is 278 Å². The van der Waals surface area contributed by atoms with Crippen molar-refractivity contribution in [1.82, 2.24) is 0 Å². The molecule has 446 valence electrons. The fourth-order valence-electron chi connectivity index (χ4n) is 9.07. The van der Waals surface area contributed by atoms with Gasteiger partial charge in [-0.15, -0.1) is 0 Å². The zero-order valence-corrected chi connectivity index (χ0v) is 51.2. The Morgan fingerprint density at radius 1 is 0.269 bits per heavy atom. The van der Waals surface area contributed by atoms with Crippen LogP contribution >= 0.6 is 0 Å². The van der Waals surface area contributed by atoms with Crippen LogP contribution in [0.15, 0.2) is 109 Å². The molecule has 6 heteroatoms. The number of carbonyl (C=O) groups excluding carboxylic acids is 3. The van der Waals surface area contributed by atoms with Gasteiger partial charge in [-0.3, -0.25) is 14.4 Å². The molecule has 0 aromatic carbocycles. The summed E-state index contributed by atoms with van der Waals surface area (Å²) >= 11 is 0. The molecule has 0 aromatic heterocycles. The third kappa shape index (κ3) is 62.9. The summed E-state index contributed by atoms with van der Waals surface area (Å²) in [7, 11) is 0. The van der Waals surface area contributed by atoms with E-state index >= 15 is 0 Å². The van der Waals surface area contributed by atoms with E-state index in [2.05, 4.69) is 130 Å². The van der Waals surface area contributed by atoms with Crippen molar-refractivity contribution < 1.29 is 28.6 Å². The van der Waals surface area contributed by atoms with Crippen molar-refractivity contribution in [3.05, 3.63) is 109 Å². The molecule has 6 nitrogen and oxygen atoms in total. The molecule has 78 heavy (non-hydrogen) atoms. The van der Waals surface area contributed by atoms with Crippen molar-refractivity contribution in [3.63, 3.8) is 0 Å². The summed E-state index contributed by atoms with van der Waals surface area (Å²) in [6, 6.07) is 0. The standard InChI is InChI=1S/C72H122O6/c1-4-7-10-13-16-19-22-24-26-28-30-32-34-36-38-40-42-44-46-48-50-53-56-59-62-65-71(74)77-68-69(67-76-70(73)64-61-58-55-52-21-18-15-12-9-6-3)78-72(75)66-63-60-57-54-51-49-47-45-43-41-39-37-35-33-31-29-27-25-23-20-17-14-11-8-5-2/h7,10,12,15-16,19,24,26,29-32,36,38,42,44,48,50,69H,4-6,8-9,11,13-14,17-18,20-23,25,27-28,33-35,37,39-41,43,45-47,49,51-68H2,1-3H3/b10-7-,15-12-,19-16-,26-24-,31-29-,32-30-,38-36-,44-42-,50-48-. The van der Waals surface area contributed by atoms with Crippen LogP contribution in [0.1, 0.15) is 310 Å². The van der Waals surface area contributed by atoms with Crippen molar-refractivity contribution in [1.29, 1.82) is 0 Å². The Balaban J connectivity index is 4.31. The molecule has 0 aromatic rings. The molecule has 0 saturated carbocycles. The lowest BCUT2D eigenvalue weighted by atomic mass is 10.0. The number of esters is 3. The predicted octanol–water partition coefficient (Wildman–Crippen LogP) is 22.6. The molecule has 1 unspecified atom stereocenters. The summed E-state index contributed by atoms with van der Waals surface area (Å²) in [5, 5.41) is 0. The topological polar surface area (TPSA) is 78.9 Å². The lowest BCUT2D eigenvalue weighted by Crippen LogP contribution is -2.30. The van der Waals surface area contributed by atoms with Gasteiger partial charge in [0.25, 0.3) is 0 Å². The average molecular weight is 1080 g/mol. The van der Waals surface area contributed by atoms with Gasteiger partial charge in [-0.2, -0.15) is 0 Å². The molecular formula is C72H122O6. The van der Waals surface area contributed by atoms with Gasteiger partial charge in [0.1, 0.15) is 13.2 Å². The first-order valence-electron chi connectivity index (χ1n) is 32.9. The van der Waals surface area contributed by atoms with Gasteiger partial charge in [-0.25, -0.2) is 0 Å². The monoisotopic (exact) mass is 1080 g/mol. The van der Waals surface area contributed by atoms with Gasteiger partial charge in [0.2, 0.25) is 0 Å². The van der Waals surface area contributed by atoms with E-state index in [1.807, 2.05) is 0 Å². The van der Waals surface area contributed by atoms with Crippen LogP contribution < -0.4 is 0 Å². The van der Waals surface area contributed by atoms with Crippen molar-refractivity contribution in [2.45, 2.75) is 316 Å². The Labute approximate surface area is 482 Å². The minimum Gasteiger partial charge on any atom is -0.462 e. The number of hydrogen-bond acceptors (Lipinski definition) is 6. The quantitative estimate of drug-likeness (QED) is 0.0261. The predicted molar refractivity (Wildman–Crippen MR) is 339 cm³/mol. The highest BCUT2D eigenvalue weighted by atomic mass is 16.6. The first-order valence-corrected chi connectivity index (χ1v) is 32.9. The average Bonchev–Trinajstić information content (AvgIpc) is 3.44. The maximum Gasteiger partial charge on any atom is 0.306 e. The number of hydrogen-bond donors (Lipinski definition) is 0. The van der Waals surface area contributed by atoms with Gasteiger partial charge in [0.05, 0.1) is 0 Å². The fourth-order valence-corrected chi connectivity index (χ4v) is 9.07. The van der Waals surface area contributed by atoms with Crippen LogP contribution in [0.4, 0.5) is 0 Å². The maximum atomic E-state index is 12.9. The molecule has 0 amide bonds. The van der Waals surface area contributed by atoms with Gasteiger partial charge >= 0.3 is 17.9 Å². The first kappa shape index (κ1) is 74.1. The Morgan fingerprint density at radius 2 is 0.526 bits per heavy atom. The summed E-state index contributed by atoms with van der Waals surface area (Å²) in [5.74, 6) is -0.931. The van der Waals surface area contributed by atoms with Crippen molar-refractivity contribution in [2.75, 3.05) is 13.2 Å². The molecule has 0 spiro atoms. The summed E-state index contributed by atoms with van der Waals surface area (Å²) in [4.78, 5) is 38.2. The molecule has 0 radical (unpaired) electrons. The number of allylic oxidation sites excluding steroid dienone is 18. The third-order valence-corrected chi connectivity index (χ3v) is 14.0. The summed E-state index contributed by atoms with van der Waals surface area (Å²) in [6.45, 7) is 6.45. The maximum absolute atomic E-state index is 12.9. The molecule has 0 aliphatic rings. The number of ether oxygens (including phenoxy) is 3. The second-order valence-corrected chi connectivity index (χ2v) is 21.6. The van der Waals surface area contributed by atoms with Gasteiger partial charge < -0.3 is 14.2 Å². The van der Waals surface area contributed by atoms with E-state index in [0.29, 0.717) is 19.3 Å². The smallest absolute Gasteiger partial charge is 0.306 e. The van der Waals surface area contributed by atoms with Crippen molar-refractivity contribution >= 4 is 17.9 Å². The van der Waals surface area contributed by atoms with Crippen LogP contribution in [-0.4, -0.2) is 37.2 Å². The highest BCUT2D eigenvalue weighted by Gasteiger charge is 2.19. The third-order valence-electron chi connectivity index (χ3n) is 14.0. The first-order chi connectivity index (χ1) is 38.5. The Hall–Kier alpha value is -3.93. The number of rotatable bonds is 59. The van der Waals surface area contributed by atoms with Crippen LogP contribution in [0.5, 0.6) is 0 Å². The van der Waals surface area contributed by atoms with Gasteiger partial charge in [0.15, 0.2) is 6.10 Å². The summed E-state index contributed by atoms with van der Waals surface area (Å²) in [5.41, 5.74) is 0. The van der Waals surface area contributed by atoms with Crippen LogP contribution in [0.2, 0.25) is 0 Å². The summed E-state index contributed by atoms with van der Waals surface area (Å²) < 4.78 is 16.9. The molecular weight excluding hydrogens is 961 g/mol. The molecule has 0 saturated heterocycles. The normalized spacial score (nSPS) is 12.8. The molecule has 0 aliphatic carbocycles. The second kappa shape index (κ2) is 65.6. The zero-order chi connectivity index (χ0) is 56.4. The molecule has 0 heterocycles. The molecule has 0 rings (SSSR count). The van der Waals surface area contributed by atoms with E-state index in [1.54, 1.807) is 0 Å². The van der Waals surface area contributed by atoms with Crippen LogP contribution in [0.25, 0.3) is 0 Å². The van der Waals surface area contributed by atoms with Crippen molar-refractivity contribution in [3.8, 4) is 0 Å². The van der Waals surface area contributed by atoms with E-state index in [4.69, 9.17) is 14.2 Å². The molecule has 0 N–H and O–H groups in total. The Morgan fingerprint density at radius 3 is 0.859 bits per heavy atom. The number of unbranched alkanes of at least 4 members (excludes halogenated alkanes) is 30. The highest BCUT2D eigenvalue weighted by molar-refractivity contribution is 5.71. The Bertz CT molecular complexity index is 1570. The molecule has 0 fully saturated rings. The van der Waals surface area contributed by atoms with E-state index in [9.17, 15) is 14.4 Å². The van der Waals surface area contributed by atoms with E-state index < -0.39 is 6.10 Å². The lowest BCUT2D eigenvalue weighted by Gasteiger charge is -2.18. The van der Waals surface area contributed by atoms with Crippen LogP contribution in [0.3, 0.4) is 0 Å². The van der Waals surface area contributed by atoms with E-state index in [0.717, 1.165) is 128 Å². The molecule has 1 atom stereocenters.